The summed E-state index contributed by atoms with van der Waals surface area (Å²) in [6.45, 7) is 4.09. The average molecular weight is 310 g/mol. The summed E-state index contributed by atoms with van der Waals surface area (Å²) < 4.78 is 15.0. The lowest BCUT2D eigenvalue weighted by Gasteiger charge is -2.12. The van der Waals surface area contributed by atoms with Gasteiger partial charge >= 0.3 is 0 Å². The number of aryl methyl sites for hydroxylation is 2. The van der Waals surface area contributed by atoms with Gasteiger partial charge in [-0.3, -0.25) is 4.68 Å². The van der Waals surface area contributed by atoms with Crippen LogP contribution in [0.4, 0.5) is 4.39 Å². The van der Waals surface area contributed by atoms with E-state index in [2.05, 4.69) is 12.0 Å². The molecule has 0 spiro atoms. The van der Waals surface area contributed by atoms with Crippen LogP contribution in [0.1, 0.15) is 28.9 Å². The Hall–Kier alpha value is -1.39. The van der Waals surface area contributed by atoms with Crippen molar-refractivity contribution in [3.63, 3.8) is 0 Å². The topological polar surface area (TPSA) is 43.8 Å². The van der Waals surface area contributed by atoms with Gasteiger partial charge in [-0.1, -0.05) is 17.7 Å². The predicted octanol–water partition coefficient (Wildman–Crippen LogP) is 3.33. The molecule has 1 heterocycles. The van der Waals surface area contributed by atoms with Gasteiger partial charge in [0, 0.05) is 18.8 Å². The van der Waals surface area contributed by atoms with Crippen molar-refractivity contribution in [2.45, 2.75) is 39.2 Å². The Kier molecular flexibility index (Phi) is 5.01. The molecule has 2 rings (SSSR count). The lowest BCUT2D eigenvalue weighted by molar-refractivity contribution is 0.603. The van der Waals surface area contributed by atoms with E-state index < -0.39 is 5.82 Å². The monoisotopic (exact) mass is 309 g/mol. The standard InChI is InChI=1S/C16H21ClFN3/c1-10-14(11(2)21(3)20-10)6-5-13(19)8-12-4-7-16(18)15(17)9-12/h4,7,9,13H,5-6,8,19H2,1-3H3. The maximum Gasteiger partial charge on any atom is 0.141 e. The van der Waals surface area contributed by atoms with E-state index in [0.29, 0.717) is 6.42 Å². The summed E-state index contributed by atoms with van der Waals surface area (Å²) >= 11 is 5.79. The number of nitrogens with two attached hydrogens (primary N) is 1. The van der Waals surface area contributed by atoms with Gasteiger partial charge in [-0.25, -0.2) is 4.39 Å². The maximum atomic E-state index is 13.1. The quantitative estimate of drug-likeness (QED) is 0.920. The Balaban J connectivity index is 1.95. The minimum absolute atomic E-state index is 0.0190. The summed E-state index contributed by atoms with van der Waals surface area (Å²) in [7, 11) is 1.95. The molecule has 5 heteroatoms. The van der Waals surface area contributed by atoms with Gasteiger partial charge in [0.25, 0.3) is 0 Å². The van der Waals surface area contributed by atoms with Crippen LogP contribution >= 0.6 is 11.6 Å². The smallest absolute Gasteiger partial charge is 0.141 e. The summed E-state index contributed by atoms with van der Waals surface area (Å²) in [5.74, 6) is -0.393. The molecule has 0 aliphatic carbocycles. The van der Waals surface area contributed by atoms with Gasteiger partial charge in [-0.2, -0.15) is 5.10 Å². The van der Waals surface area contributed by atoms with E-state index >= 15 is 0 Å². The van der Waals surface area contributed by atoms with Crippen molar-refractivity contribution in [1.29, 1.82) is 0 Å². The third kappa shape index (κ3) is 3.83. The Labute approximate surface area is 129 Å². The Morgan fingerprint density at radius 2 is 2.10 bits per heavy atom. The molecule has 1 aromatic heterocycles. The van der Waals surface area contributed by atoms with Gasteiger partial charge in [0.15, 0.2) is 0 Å². The molecule has 0 aliphatic rings. The first-order valence-corrected chi connectivity index (χ1v) is 7.45. The van der Waals surface area contributed by atoms with Crippen LogP contribution in [-0.4, -0.2) is 15.8 Å². The average Bonchev–Trinajstić information content (AvgIpc) is 2.66. The third-order valence-electron chi connectivity index (χ3n) is 3.91. The zero-order valence-electron chi connectivity index (χ0n) is 12.7. The molecule has 0 saturated carbocycles. The van der Waals surface area contributed by atoms with Gasteiger partial charge in [0.2, 0.25) is 0 Å². The van der Waals surface area contributed by atoms with Gasteiger partial charge < -0.3 is 5.73 Å². The Morgan fingerprint density at radius 1 is 1.38 bits per heavy atom. The van der Waals surface area contributed by atoms with Crippen molar-refractivity contribution in [1.82, 2.24) is 9.78 Å². The molecular formula is C16H21ClFN3. The Bertz CT molecular complexity index is 637. The minimum Gasteiger partial charge on any atom is -0.327 e. The number of rotatable bonds is 5. The van der Waals surface area contributed by atoms with Crippen molar-refractivity contribution < 1.29 is 4.39 Å². The molecule has 0 fully saturated rings. The summed E-state index contributed by atoms with van der Waals surface area (Å²) in [6, 6.07) is 4.80. The highest BCUT2D eigenvalue weighted by Crippen LogP contribution is 2.19. The second-order valence-corrected chi connectivity index (χ2v) is 5.93. The van der Waals surface area contributed by atoms with Crippen LogP contribution in [0.15, 0.2) is 18.2 Å². The second-order valence-electron chi connectivity index (χ2n) is 5.52. The van der Waals surface area contributed by atoms with E-state index in [0.717, 1.165) is 24.1 Å². The van der Waals surface area contributed by atoms with Crippen molar-refractivity contribution in [2.75, 3.05) is 0 Å². The van der Waals surface area contributed by atoms with E-state index in [4.69, 9.17) is 17.3 Å². The highest BCUT2D eigenvalue weighted by molar-refractivity contribution is 6.30. The molecule has 2 N–H and O–H groups in total. The van der Waals surface area contributed by atoms with E-state index in [1.165, 1.54) is 17.3 Å². The molecule has 1 aromatic carbocycles. The number of hydrogen-bond acceptors (Lipinski definition) is 2. The van der Waals surface area contributed by atoms with Crippen LogP contribution in [0.25, 0.3) is 0 Å². The largest absolute Gasteiger partial charge is 0.327 e. The molecule has 21 heavy (non-hydrogen) atoms. The van der Waals surface area contributed by atoms with Crippen molar-refractivity contribution in [3.8, 4) is 0 Å². The molecule has 114 valence electrons. The first-order chi connectivity index (χ1) is 9.88. The predicted molar refractivity (Wildman–Crippen MR) is 84.1 cm³/mol. The minimum atomic E-state index is -0.393. The van der Waals surface area contributed by atoms with E-state index in [1.807, 2.05) is 18.7 Å². The SMILES string of the molecule is Cc1nn(C)c(C)c1CCC(N)Cc1ccc(F)c(Cl)c1. The van der Waals surface area contributed by atoms with Crippen LogP contribution in [0.3, 0.4) is 0 Å². The van der Waals surface area contributed by atoms with Crippen LogP contribution in [0, 0.1) is 19.7 Å². The van der Waals surface area contributed by atoms with E-state index in [1.54, 1.807) is 12.1 Å². The first-order valence-electron chi connectivity index (χ1n) is 7.07. The highest BCUT2D eigenvalue weighted by Gasteiger charge is 2.12. The number of halogens is 2. The van der Waals surface area contributed by atoms with Gasteiger partial charge in [-0.15, -0.1) is 0 Å². The summed E-state index contributed by atoms with van der Waals surface area (Å²) in [4.78, 5) is 0. The van der Waals surface area contributed by atoms with Gasteiger partial charge in [0.05, 0.1) is 10.7 Å². The number of aromatic nitrogens is 2. The fourth-order valence-corrected chi connectivity index (χ4v) is 2.78. The fourth-order valence-electron chi connectivity index (χ4n) is 2.58. The second kappa shape index (κ2) is 6.58. The molecule has 0 radical (unpaired) electrons. The Morgan fingerprint density at radius 3 is 2.67 bits per heavy atom. The summed E-state index contributed by atoms with van der Waals surface area (Å²) in [5.41, 5.74) is 10.7. The van der Waals surface area contributed by atoms with Crippen LogP contribution < -0.4 is 5.73 Å². The zero-order chi connectivity index (χ0) is 15.6. The molecule has 1 atom stereocenters. The number of hydrogen-bond donors (Lipinski definition) is 1. The lowest BCUT2D eigenvalue weighted by atomic mass is 9.99. The zero-order valence-corrected chi connectivity index (χ0v) is 13.4. The molecule has 1 unspecified atom stereocenters. The van der Waals surface area contributed by atoms with Crippen molar-refractivity contribution in [2.24, 2.45) is 12.8 Å². The number of nitrogens with zero attached hydrogens (tertiary/aromatic N) is 2. The number of benzene rings is 1. The normalized spacial score (nSPS) is 12.7. The molecular weight excluding hydrogens is 289 g/mol. The van der Waals surface area contributed by atoms with Gasteiger partial charge in [-0.05, 0) is 56.4 Å². The molecule has 0 amide bonds. The van der Waals surface area contributed by atoms with E-state index in [-0.39, 0.29) is 11.1 Å². The molecule has 3 nitrogen and oxygen atoms in total. The molecule has 0 saturated heterocycles. The van der Waals surface area contributed by atoms with Gasteiger partial charge in [0.1, 0.15) is 5.82 Å². The first kappa shape index (κ1) is 16.0. The van der Waals surface area contributed by atoms with Crippen LogP contribution in [0.5, 0.6) is 0 Å². The van der Waals surface area contributed by atoms with E-state index in [9.17, 15) is 4.39 Å². The lowest BCUT2D eigenvalue weighted by Crippen LogP contribution is -2.23. The van der Waals surface area contributed by atoms with Crippen LogP contribution in [0.2, 0.25) is 5.02 Å². The van der Waals surface area contributed by atoms with Crippen molar-refractivity contribution in [3.05, 3.63) is 51.6 Å². The van der Waals surface area contributed by atoms with Crippen molar-refractivity contribution >= 4 is 11.6 Å². The summed E-state index contributed by atoms with van der Waals surface area (Å²) in [5, 5.41) is 4.56. The third-order valence-corrected chi connectivity index (χ3v) is 4.20. The molecule has 2 aromatic rings. The fraction of sp³-hybridized carbons (Fsp3) is 0.438. The summed E-state index contributed by atoms with van der Waals surface area (Å²) in [6.07, 6.45) is 2.46. The van der Waals surface area contributed by atoms with Crippen LogP contribution in [-0.2, 0) is 19.9 Å². The highest BCUT2D eigenvalue weighted by atomic mass is 35.5. The maximum absolute atomic E-state index is 13.1. The molecule has 0 bridgehead atoms. The molecule has 0 aliphatic heterocycles.